The number of amides is 1. The van der Waals surface area contributed by atoms with E-state index in [1.54, 1.807) is 12.4 Å². The Balaban J connectivity index is 1.64. The predicted octanol–water partition coefficient (Wildman–Crippen LogP) is 3.70. The van der Waals surface area contributed by atoms with Crippen LogP contribution in [0.15, 0.2) is 42.7 Å². The summed E-state index contributed by atoms with van der Waals surface area (Å²) in [6, 6.07) is 10.2. The lowest BCUT2D eigenvalue weighted by Crippen LogP contribution is -2.35. The molecule has 1 amide bonds. The Labute approximate surface area is 143 Å². The Kier molecular flexibility index (Phi) is 5.41. The highest BCUT2D eigenvalue weighted by Gasteiger charge is 2.17. The summed E-state index contributed by atoms with van der Waals surface area (Å²) < 4.78 is 0. The van der Waals surface area contributed by atoms with Gasteiger partial charge in [0, 0.05) is 18.8 Å². The van der Waals surface area contributed by atoms with Crippen molar-refractivity contribution < 1.29 is 4.79 Å². The molecule has 24 heavy (non-hydrogen) atoms. The van der Waals surface area contributed by atoms with E-state index in [0.29, 0.717) is 11.5 Å². The number of carbonyl (C=O) groups excluding carboxylic acids is 1. The van der Waals surface area contributed by atoms with Crippen molar-refractivity contribution in [3.8, 4) is 0 Å². The van der Waals surface area contributed by atoms with Crippen LogP contribution in [0.1, 0.15) is 49.0 Å². The van der Waals surface area contributed by atoms with E-state index in [1.807, 2.05) is 42.3 Å². The molecule has 1 aromatic carbocycles. The van der Waals surface area contributed by atoms with Gasteiger partial charge in [-0.2, -0.15) is 0 Å². The average molecular weight is 324 g/mol. The normalized spacial score (nSPS) is 15.5. The van der Waals surface area contributed by atoms with Gasteiger partial charge in [-0.1, -0.05) is 43.9 Å². The predicted molar refractivity (Wildman–Crippen MR) is 95.5 cm³/mol. The van der Waals surface area contributed by atoms with Gasteiger partial charge in [-0.05, 0) is 25.0 Å². The average Bonchev–Trinajstić information content (AvgIpc) is 2.90. The van der Waals surface area contributed by atoms with Crippen LogP contribution in [-0.2, 0) is 0 Å². The maximum atomic E-state index is 12.3. The van der Waals surface area contributed by atoms with Crippen molar-refractivity contribution in [2.45, 2.75) is 44.6 Å². The van der Waals surface area contributed by atoms with Gasteiger partial charge in [0.1, 0.15) is 5.69 Å². The van der Waals surface area contributed by atoms with Crippen LogP contribution in [0.2, 0.25) is 0 Å². The highest BCUT2D eigenvalue weighted by molar-refractivity contribution is 5.92. The number of benzene rings is 1. The molecule has 0 radical (unpaired) electrons. The summed E-state index contributed by atoms with van der Waals surface area (Å²) in [6.45, 7) is 0. The number of rotatable bonds is 4. The topological polar surface area (TPSA) is 58.1 Å². The Bertz CT molecular complexity index is 649. The van der Waals surface area contributed by atoms with E-state index in [1.165, 1.54) is 25.7 Å². The summed E-state index contributed by atoms with van der Waals surface area (Å²) in [5.74, 6) is 0.593. The van der Waals surface area contributed by atoms with Gasteiger partial charge >= 0.3 is 0 Å². The zero-order valence-corrected chi connectivity index (χ0v) is 14.1. The molecule has 1 fully saturated rings. The first kappa shape index (κ1) is 16.4. The summed E-state index contributed by atoms with van der Waals surface area (Å²) >= 11 is 0. The Morgan fingerprint density at radius 2 is 1.75 bits per heavy atom. The third kappa shape index (κ3) is 4.10. The van der Waals surface area contributed by atoms with Crippen molar-refractivity contribution >= 4 is 17.4 Å². The second kappa shape index (κ2) is 7.90. The molecule has 1 saturated carbocycles. The van der Waals surface area contributed by atoms with Crippen LogP contribution in [0.5, 0.6) is 0 Å². The monoisotopic (exact) mass is 324 g/mol. The molecule has 0 saturated heterocycles. The van der Waals surface area contributed by atoms with Gasteiger partial charge in [-0.3, -0.25) is 4.79 Å². The van der Waals surface area contributed by atoms with Gasteiger partial charge in [0.15, 0.2) is 5.82 Å². The van der Waals surface area contributed by atoms with Crippen molar-refractivity contribution in [3.05, 3.63) is 48.4 Å². The van der Waals surface area contributed by atoms with Crippen molar-refractivity contribution in [2.75, 3.05) is 11.9 Å². The summed E-state index contributed by atoms with van der Waals surface area (Å²) in [7, 11) is 1.94. The minimum atomic E-state index is -0.122. The first-order chi connectivity index (χ1) is 11.7. The third-order valence-corrected chi connectivity index (χ3v) is 4.55. The van der Waals surface area contributed by atoms with E-state index in [2.05, 4.69) is 15.3 Å². The molecule has 5 nitrogen and oxygen atoms in total. The molecule has 126 valence electrons. The molecule has 3 rings (SSSR count). The molecule has 0 aliphatic heterocycles. The number of hydrogen-bond donors (Lipinski definition) is 1. The van der Waals surface area contributed by atoms with Crippen LogP contribution < -0.4 is 10.2 Å². The van der Waals surface area contributed by atoms with E-state index in [-0.39, 0.29) is 11.9 Å². The third-order valence-electron chi connectivity index (χ3n) is 4.55. The van der Waals surface area contributed by atoms with Crippen molar-refractivity contribution in [1.82, 2.24) is 15.3 Å². The quantitative estimate of drug-likeness (QED) is 0.871. The smallest absolute Gasteiger partial charge is 0.271 e. The summed E-state index contributed by atoms with van der Waals surface area (Å²) in [6.07, 6.45) is 10.3. The molecule has 0 spiro atoms. The molecular formula is C19H24N4O. The van der Waals surface area contributed by atoms with E-state index in [9.17, 15) is 4.79 Å². The summed E-state index contributed by atoms with van der Waals surface area (Å²) in [4.78, 5) is 23.0. The van der Waals surface area contributed by atoms with Gasteiger partial charge in [0.25, 0.3) is 5.91 Å². The van der Waals surface area contributed by atoms with Crippen LogP contribution in [0, 0.1) is 0 Å². The number of carbonyl (C=O) groups is 1. The van der Waals surface area contributed by atoms with Crippen molar-refractivity contribution in [2.24, 2.45) is 0 Å². The first-order valence-electron chi connectivity index (χ1n) is 8.66. The lowest BCUT2D eigenvalue weighted by atomic mass is 10.1. The van der Waals surface area contributed by atoms with Crippen LogP contribution in [-0.4, -0.2) is 29.0 Å². The van der Waals surface area contributed by atoms with E-state index < -0.39 is 0 Å². The van der Waals surface area contributed by atoms with Crippen molar-refractivity contribution in [1.29, 1.82) is 0 Å². The van der Waals surface area contributed by atoms with Gasteiger partial charge in [0.05, 0.1) is 12.4 Å². The second-order valence-corrected chi connectivity index (χ2v) is 6.32. The highest BCUT2D eigenvalue weighted by Crippen LogP contribution is 2.20. The lowest BCUT2D eigenvalue weighted by Gasteiger charge is -2.18. The first-order valence-corrected chi connectivity index (χ1v) is 8.66. The van der Waals surface area contributed by atoms with Crippen LogP contribution >= 0.6 is 0 Å². The maximum absolute atomic E-state index is 12.3. The molecule has 1 heterocycles. The van der Waals surface area contributed by atoms with Gasteiger partial charge < -0.3 is 10.2 Å². The molecule has 2 aromatic rings. The van der Waals surface area contributed by atoms with Gasteiger partial charge in [0.2, 0.25) is 0 Å². The largest absolute Gasteiger partial charge is 0.348 e. The molecule has 1 aliphatic carbocycles. The summed E-state index contributed by atoms with van der Waals surface area (Å²) in [5, 5.41) is 3.10. The second-order valence-electron chi connectivity index (χ2n) is 6.32. The van der Waals surface area contributed by atoms with E-state index in [0.717, 1.165) is 18.5 Å². The number of para-hydroxylation sites is 1. The SMILES string of the molecule is CN(c1ccccc1)c1cnc(C(=O)NC2CCCCCC2)cn1. The molecule has 1 aromatic heterocycles. The van der Waals surface area contributed by atoms with Gasteiger partial charge in [-0.25, -0.2) is 9.97 Å². The Morgan fingerprint density at radius 1 is 1.04 bits per heavy atom. The number of aromatic nitrogens is 2. The van der Waals surface area contributed by atoms with E-state index >= 15 is 0 Å². The number of nitrogens with one attached hydrogen (secondary N) is 1. The molecule has 5 heteroatoms. The standard InChI is InChI=1S/C19H24N4O/c1-23(16-11-7-4-8-12-16)18-14-20-17(13-21-18)19(24)22-15-9-5-2-3-6-10-15/h4,7-8,11-15H,2-3,5-6,9-10H2,1H3,(H,22,24). The molecular weight excluding hydrogens is 300 g/mol. The molecule has 1 aliphatic rings. The fourth-order valence-corrected chi connectivity index (χ4v) is 3.08. The number of hydrogen-bond acceptors (Lipinski definition) is 4. The lowest BCUT2D eigenvalue weighted by molar-refractivity contribution is 0.0928. The van der Waals surface area contributed by atoms with E-state index in [4.69, 9.17) is 0 Å². The minimum absolute atomic E-state index is 0.122. The fourth-order valence-electron chi connectivity index (χ4n) is 3.08. The van der Waals surface area contributed by atoms with Crippen LogP contribution in [0.25, 0.3) is 0 Å². The maximum Gasteiger partial charge on any atom is 0.271 e. The van der Waals surface area contributed by atoms with Crippen LogP contribution in [0.3, 0.4) is 0 Å². The fraction of sp³-hybridized carbons (Fsp3) is 0.421. The van der Waals surface area contributed by atoms with Crippen molar-refractivity contribution in [3.63, 3.8) is 0 Å². The molecule has 1 N–H and O–H groups in total. The molecule has 0 atom stereocenters. The van der Waals surface area contributed by atoms with Crippen LogP contribution in [0.4, 0.5) is 11.5 Å². The minimum Gasteiger partial charge on any atom is -0.348 e. The highest BCUT2D eigenvalue weighted by atomic mass is 16.1. The number of nitrogens with zero attached hydrogens (tertiary/aromatic N) is 3. The Hall–Kier alpha value is -2.43. The Morgan fingerprint density at radius 3 is 2.38 bits per heavy atom. The molecule has 0 bridgehead atoms. The summed E-state index contributed by atoms with van der Waals surface area (Å²) in [5.41, 5.74) is 1.41. The van der Waals surface area contributed by atoms with Gasteiger partial charge in [-0.15, -0.1) is 0 Å². The molecule has 0 unspecified atom stereocenters. The zero-order chi connectivity index (χ0) is 16.8. The zero-order valence-electron chi connectivity index (χ0n) is 14.1. The number of anilines is 2.